The molecule has 0 aliphatic carbocycles. The van der Waals surface area contributed by atoms with E-state index in [1.807, 2.05) is 0 Å². The van der Waals surface area contributed by atoms with Crippen LogP contribution in [0.4, 0.5) is 5.69 Å². The molecule has 0 bridgehead atoms. The Morgan fingerprint density at radius 2 is 1.47 bits per heavy atom. The Kier molecular flexibility index (Phi) is 2.87. The number of anilines is 1. The molecule has 1 aliphatic rings. The van der Waals surface area contributed by atoms with E-state index in [1.54, 1.807) is 0 Å². The molecule has 3 rings (SSSR count). The highest BCUT2D eigenvalue weighted by atomic mass is 15.2. The lowest BCUT2D eigenvalue weighted by atomic mass is 10.0. The van der Waals surface area contributed by atoms with Crippen molar-refractivity contribution in [3.63, 3.8) is 0 Å². The highest BCUT2D eigenvalue weighted by molar-refractivity contribution is 5.46. The second-order valence-electron chi connectivity index (χ2n) is 4.68. The number of hydrogen-bond acceptors (Lipinski definition) is 1. The molecule has 2 nitrogen and oxygen atoms in total. The Morgan fingerprint density at radius 1 is 0.824 bits per heavy atom. The van der Waals surface area contributed by atoms with Crippen LogP contribution in [0, 0.1) is 0 Å². The van der Waals surface area contributed by atoms with Gasteiger partial charge >= 0.3 is 0 Å². The topological polar surface area (TPSA) is 8.17 Å². The summed E-state index contributed by atoms with van der Waals surface area (Å²) >= 11 is 0. The van der Waals surface area contributed by atoms with Gasteiger partial charge in [0, 0.05) is 37.2 Å². The van der Waals surface area contributed by atoms with Crippen molar-refractivity contribution < 1.29 is 0 Å². The lowest BCUT2D eigenvalue weighted by molar-refractivity contribution is 0.397. The van der Waals surface area contributed by atoms with Gasteiger partial charge in [0.25, 0.3) is 0 Å². The predicted octanol–water partition coefficient (Wildman–Crippen LogP) is 3.33. The van der Waals surface area contributed by atoms with Gasteiger partial charge in [-0.05, 0) is 37.1 Å². The Labute approximate surface area is 102 Å². The van der Waals surface area contributed by atoms with Crippen LogP contribution >= 0.6 is 0 Å². The quantitative estimate of drug-likeness (QED) is 0.762. The van der Waals surface area contributed by atoms with Crippen molar-refractivity contribution in [2.75, 3.05) is 18.0 Å². The minimum atomic E-state index is 0.685. The number of benzene rings is 1. The standard InChI is InChI=1S/C15H18N2/c1-2-6-14(7-3-1)17-12-8-15(9-13-17)16-10-4-5-11-16/h1-7,10-11,15H,8-9,12-13H2. The van der Waals surface area contributed by atoms with Crippen molar-refractivity contribution in [2.45, 2.75) is 18.9 Å². The van der Waals surface area contributed by atoms with E-state index in [0.29, 0.717) is 6.04 Å². The summed E-state index contributed by atoms with van der Waals surface area (Å²) in [7, 11) is 0. The number of aromatic nitrogens is 1. The summed E-state index contributed by atoms with van der Waals surface area (Å²) in [6.45, 7) is 2.32. The molecule has 0 spiro atoms. The molecule has 0 amide bonds. The first-order valence-electron chi connectivity index (χ1n) is 6.36. The van der Waals surface area contributed by atoms with Gasteiger partial charge in [0.1, 0.15) is 0 Å². The maximum absolute atomic E-state index is 2.49. The first-order valence-corrected chi connectivity index (χ1v) is 6.36. The van der Waals surface area contributed by atoms with E-state index in [1.165, 1.54) is 18.5 Å². The minimum Gasteiger partial charge on any atom is -0.371 e. The molecule has 0 saturated carbocycles. The van der Waals surface area contributed by atoms with Crippen LogP contribution in [0.15, 0.2) is 54.9 Å². The van der Waals surface area contributed by atoms with Gasteiger partial charge < -0.3 is 9.47 Å². The van der Waals surface area contributed by atoms with Crippen molar-refractivity contribution in [3.05, 3.63) is 54.9 Å². The smallest absolute Gasteiger partial charge is 0.0366 e. The van der Waals surface area contributed by atoms with Gasteiger partial charge in [-0.15, -0.1) is 0 Å². The summed E-state index contributed by atoms with van der Waals surface area (Å²) < 4.78 is 2.35. The van der Waals surface area contributed by atoms with Crippen molar-refractivity contribution in [3.8, 4) is 0 Å². The van der Waals surface area contributed by atoms with Crippen LogP contribution in [0.3, 0.4) is 0 Å². The Morgan fingerprint density at radius 3 is 2.12 bits per heavy atom. The van der Waals surface area contributed by atoms with Gasteiger partial charge in [-0.1, -0.05) is 18.2 Å². The zero-order valence-electron chi connectivity index (χ0n) is 10.00. The Hall–Kier alpha value is -1.70. The van der Waals surface area contributed by atoms with Gasteiger partial charge in [-0.3, -0.25) is 0 Å². The number of piperidine rings is 1. The molecule has 1 aromatic carbocycles. The normalized spacial score (nSPS) is 17.3. The van der Waals surface area contributed by atoms with E-state index in [9.17, 15) is 0 Å². The fourth-order valence-electron chi connectivity index (χ4n) is 2.65. The number of hydrogen-bond donors (Lipinski definition) is 0. The average Bonchev–Trinajstić information content (AvgIpc) is 2.94. The summed E-state index contributed by atoms with van der Waals surface area (Å²) in [5, 5.41) is 0. The second kappa shape index (κ2) is 4.66. The van der Waals surface area contributed by atoms with Crippen LogP contribution in [0.25, 0.3) is 0 Å². The molecule has 1 aliphatic heterocycles. The number of rotatable bonds is 2. The van der Waals surface area contributed by atoms with E-state index in [0.717, 1.165) is 13.1 Å². The zero-order valence-corrected chi connectivity index (χ0v) is 10.00. The summed E-state index contributed by atoms with van der Waals surface area (Å²) in [4.78, 5) is 2.49. The summed E-state index contributed by atoms with van der Waals surface area (Å²) in [5.41, 5.74) is 1.36. The molecule has 0 unspecified atom stereocenters. The van der Waals surface area contributed by atoms with Gasteiger partial charge in [0.05, 0.1) is 0 Å². The third kappa shape index (κ3) is 2.21. The van der Waals surface area contributed by atoms with E-state index in [2.05, 4.69) is 64.3 Å². The highest BCUT2D eigenvalue weighted by Crippen LogP contribution is 2.26. The third-order valence-corrected chi connectivity index (χ3v) is 3.63. The van der Waals surface area contributed by atoms with Crippen LogP contribution in [0.2, 0.25) is 0 Å². The highest BCUT2D eigenvalue weighted by Gasteiger charge is 2.19. The SMILES string of the molecule is c1ccc(N2CCC(n3cccc3)CC2)cc1. The van der Waals surface area contributed by atoms with Crippen LogP contribution in [-0.2, 0) is 0 Å². The number of para-hydroxylation sites is 1. The van der Waals surface area contributed by atoms with Gasteiger partial charge in [0.15, 0.2) is 0 Å². The molecule has 88 valence electrons. The van der Waals surface area contributed by atoms with Crippen molar-refractivity contribution in [1.29, 1.82) is 0 Å². The maximum Gasteiger partial charge on any atom is 0.0366 e. The molecule has 0 N–H and O–H groups in total. The fraction of sp³-hybridized carbons (Fsp3) is 0.333. The Balaban J connectivity index is 1.65. The molecule has 0 atom stereocenters. The molecule has 2 heterocycles. The van der Waals surface area contributed by atoms with Crippen LogP contribution in [-0.4, -0.2) is 17.7 Å². The average molecular weight is 226 g/mol. The summed E-state index contributed by atoms with van der Waals surface area (Å²) in [5.74, 6) is 0. The Bertz CT molecular complexity index is 439. The predicted molar refractivity (Wildman–Crippen MR) is 71.4 cm³/mol. The minimum absolute atomic E-state index is 0.685. The van der Waals surface area contributed by atoms with Crippen molar-refractivity contribution >= 4 is 5.69 Å². The molecular weight excluding hydrogens is 208 g/mol. The lowest BCUT2D eigenvalue weighted by Gasteiger charge is -2.34. The second-order valence-corrected chi connectivity index (χ2v) is 4.68. The van der Waals surface area contributed by atoms with Gasteiger partial charge in [-0.2, -0.15) is 0 Å². The van der Waals surface area contributed by atoms with Crippen molar-refractivity contribution in [2.24, 2.45) is 0 Å². The zero-order chi connectivity index (χ0) is 11.5. The molecule has 1 fully saturated rings. The lowest BCUT2D eigenvalue weighted by Crippen LogP contribution is -2.34. The van der Waals surface area contributed by atoms with Crippen LogP contribution in [0.1, 0.15) is 18.9 Å². The summed E-state index contributed by atoms with van der Waals surface area (Å²) in [6.07, 6.45) is 6.85. The maximum atomic E-state index is 2.49. The van der Waals surface area contributed by atoms with Crippen molar-refractivity contribution in [1.82, 2.24) is 4.57 Å². The molecule has 2 heteroatoms. The molecule has 17 heavy (non-hydrogen) atoms. The monoisotopic (exact) mass is 226 g/mol. The van der Waals surface area contributed by atoms with Gasteiger partial charge in [-0.25, -0.2) is 0 Å². The first kappa shape index (κ1) is 10.5. The molecule has 0 radical (unpaired) electrons. The summed E-state index contributed by atoms with van der Waals surface area (Å²) in [6, 6.07) is 15.6. The number of nitrogens with zero attached hydrogens (tertiary/aromatic N) is 2. The third-order valence-electron chi connectivity index (χ3n) is 3.63. The van der Waals surface area contributed by atoms with Crippen LogP contribution in [0.5, 0.6) is 0 Å². The molecule has 1 saturated heterocycles. The van der Waals surface area contributed by atoms with E-state index in [-0.39, 0.29) is 0 Å². The molecule has 1 aromatic heterocycles. The largest absolute Gasteiger partial charge is 0.371 e. The molecule has 2 aromatic rings. The van der Waals surface area contributed by atoms with E-state index < -0.39 is 0 Å². The first-order chi connectivity index (χ1) is 8.43. The fourth-order valence-corrected chi connectivity index (χ4v) is 2.65. The van der Waals surface area contributed by atoms with E-state index >= 15 is 0 Å². The molecular formula is C15H18N2. The van der Waals surface area contributed by atoms with Crippen LogP contribution < -0.4 is 4.90 Å². The van der Waals surface area contributed by atoms with E-state index in [4.69, 9.17) is 0 Å². The van der Waals surface area contributed by atoms with Gasteiger partial charge in [0.2, 0.25) is 0 Å².